The molecule has 0 amide bonds. The second kappa shape index (κ2) is 4.73. The quantitative estimate of drug-likeness (QED) is 0.731. The normalized spacial score (nSPS) is 10.3. The lowest BCUT2D eigenvalue weighted by Crippen LogP contribution is -1.75. The third-order valence-electron chi connectivity index (χ3n) is 1.96. The largest absolute Gasteiger partial charge is 0.0894 e. The van der Waals surface area contributed by atoms with Crippen molar-refractivity contribution in [1.82, 2.24) is 0 Å². The third kappa shape index (κ3) is 3.01. The fourth-order valence-electron chi connectivity index (χ4n) is 1.26. The Morgan fingerprint density at radius 3 is 2.73 bits per heavy atom. The lowest BCUT2D eigenvalue weighted by molar-refractivity contribution is 1.34. The summed E-state index contributed by atoms with van der Waals surface area (Å²) >= 11 is 7.50. The molecule has 0 saturated heterocycles. The van der Waals surface area contributed by atoms with Gasteiger partial charge in [-0.25, -0.2) is 0 Å². The van der Waals surface area contributed by atoms with Crippen molar-refractivity contribution in [2.75, 3.05) is 0 Å². The fourth-order valence-corrected chi connectivity index (χ4v) is 2.28. The highest BCUT2D eigenvalue weighted by Crippen LogP contribution is 2.28. The molecule has 15 heavy (non-hydrogen) atoms. The summed E-state index contributed by atoms with van der Waals surface area (Å²) in [5.41, 5.74) is 1.27. The predicted octanol–water partition coefficient (Wildman–Crippen LogP) is 4.60. The van der Waals surface area contributed by atoms with Crippen LogP contribution in [0.3, 0.4) is 0 Å². The molecule has 2 heteroatoms. The Morgan fingerprint density at radius 2 is 2.07 bits per heavy atom. The van der Waals surface area contributed by atoms with E-state index in [1.54, 1.807) is 17.8 Å². The molecule has 0 spiro atoms. The number of hydrogen-bond donors (Lipinski definition) is 0. The molecule has 1 radical (unpaired) electrons. The van der Waals surface area contributed by atoms with Crippen molar-refractivity contribution in [2.45, 2.75) is 16.7 Å². The summed E-state index contributed by atoms with van der Waals surface area (Å²) in [6, 6.07) is 17.2. The minimum atomic E-state index is 0.726. The van der Waals surface area contributed by atoms with Gasteiger partial charge in [-0.05, 0) is 43.3 Å². The Morgan fingerprint density at radius 1 is 1.20 bits per heavy atom. The van der Waals surface area contributed by atoms with Crippen molar-refractivity contribution in [3.05, 3.63) is 59.1 Å². The van der Waals surface area contributed by atoms with Gasteiger partial charge in [0.25, 0.3) is 0 Å². The van der Waals surface area contributed by atoms with Crippen LogP contribution >= 0.6 is 23.4 Å². The summed E-state index contributed by atoms with van der Waals surface area (Å²) < 4.78 is 0. The summed E-state index contributed by atoms with van der Waals surface area (Å²) in [6.45, 7) is 2.09. The van der Waals surface area contributed by atoms with Crippen molar-refractivity contribution >= 4 is 23.4 Å². The van der Waals surface area contributed by atoms with Crippen LogP contribution in [0.15, 0.2) is 52.3 Å². The van der Waals surface area contributed by atoms with E-state index in [9.17, 15) is 0 Å². The Balaban J connectivity index is 2.18. The lowest BCUT2D eigenvalue weighted by Gasteiger charge is -2.02. The van der Waals surface area contributed by atoms with Crippen LogP contribution in [0.5, 0.6) is 0 Å². The number of aryl methyl sites for hydroxylation is 1. The number of rotatable bonds is 2. The monoisotopic (exact) mass is 233 g/mol. The van der Waals surface area contributed by atoms with Crippen LogP contribution in [0, 0.1) is 13.0 Å². The zero-order valence-electron chi connectivity index (χ0n) is 8.33. The van der Waals surface area contributed by atoms with E-state index < -0.39 is 0 Å². The highest BCUT2D eigenvalue weighted by atomic mass is 35.5. The van der Waals surface area contributed by atoms with Gasteiger partial charge in [0.05, 0.1) is 0 Å². The molecular formula is C13H10ClS. The van der Waals surface area contributed by atoms with Crippen molar-refractivity contribution < 1.29 is 0 Å². The SMILES string of the molecule is Cc1cccc(Sc2[c]cc(Cl)cc2)c1. The molecule has 0 aromatic heterocycles. The van der Waals surface area contributed by atoms with Crippen LogP contribution in [0.1, 0.15) is 5.56 Å². The van der Waals surface area contributed by atoms with E-state index in [2.05, 4.69) is 37.3 Å². The summed E-state index contributed by atoms with van der Waals surface area (Å²) in [4.78, 5) is 2.32. The molecule has 0 saturated carbocycles. The lowest BCUT2D eigenvalue weighted by atomic mass is 10.2. The molecule has 0 unspecified atom stereocenters. The van der Waals surface area contributed by atoms with Gasteiger partial charge in [-0.15, -0.1) is 0 Å². The molecule has 0 bridgehead atoms. The molecule has 0 fully saturated rings. The van der Waals surface area contributed by atoms with Crippen LogP contribution in [-0.4, -0.2) is 0 Å². The van der Waals surface area contributed by atoms with Gasteiger partial charge in [0.1, 0.15) is 0 Å². The molecule has 0 N–H and O–H groups in total. The molecule has 0 atom stereocenters. The van der Waals surface area contributed by atoms with Gasteiger partial charge in [0.2, 0.25) is 0 Å². The Labute approximate surface area is 99.3 Å². The van der Waals surface area contributed by atoms with Gasteiger partial charge >= 0.3 is 0 Å². The first-order chi connectivity index (χ1) is 7.24. The van der Waals surface area contributed by atoms with E-state index >= 15 is 0 Å². The van der Waals surface area contributed by atoms with E-state index in [1.807, 2.05) is 12.1 Å². The molecular weight excluding hydrogens is 224 g/mol. The smallest absolute Gasteiger partial charge is 0.0412 e. The topological polar surface area (TPSA) is 0 Å². The first-order valence-electron chi connectivity index (χ1n) is 4.66. The van der Waals surface area contributed by atoms with Crippen molar-refractivity contribution in [2.24, 2.45) is 0 Å². The van der Waals surface area contributed by atoms with Crippen LogP contribution < -0.4 is 0 Å². The maximum Gasteiger partial charge on any atom is 0.0412 e. The van der Waals surface area contributed by atoms with E-state index in [1.165, 1.54) is 10.5 Å². The molecule has 0 aliphatic rings. The summed E-state index contributed by atoms with van der Waals surface area (Å²) in [5.74, 6) is 0. The second-order valence-electron chi connectivity index (χ2n) is 3.29. The number of benzene rings is 2. The molecule has 0 aliphatic carbocycles. The van der Waals surface area contributed by atoms with Gasteiger partial charge in [0, 0.05) is 14.8 Å². The molecule has 2 rings (SSSR count). The average molecular weight is 234 g/mol. The van der Waals surface area contributed by atoms with E-state index in [0.29, 0.717) is 0 Å². The maximum absolute atomic E-state index is 5.80. The predicted molar refractivity (Wildman–Crippen MR) is 65.6 cm³/mol. The highest BCUT2D eigenvalue weighted by Gasteiger charge is 1.97. The van der Waals surface area contributed by atoms with E-state index in [0.717, 1.165) is 9.92 Å². The van der Waals surface area contributed by atoms with Crippen LogP contribution in [0.4, 0.5) is 0 Å². The van der Waals surface area contributed by atoms with Crippen LogP contribution in [0.25, 0.3) is 0 Å². The van der Waals surface area contributed by atoms with E-state index in [-0.39, 0.29) is 0 Å². The van der Waals surface area contributed by atoms with Crippen LogP contribution in [-0.2, 0) is 0 Å². The Kier molecular flexibility index (Phi) is 3.34. The van der Waals surface area contributed by atoms with Gasteiger partial charge in [-0.1, -0.05) is 41.1 Å². The Bertz CT molecular complexity index is 448. The van der Waals surface area contributed by atoms with Gasteiger partial charge in [0.15, 0.2) is 0 Å². The summed E-state index contributed by atoms with van der Waals surface area (Å²) in [7, 11) is 0. The standard InChI is InChI=1S/C13H10ClS/c1-10-3-2-4-13(9-10)15-12-7-5-11(14)6-8-12/h2-7,9H,1H3. The maximum atomic E-state index is 5.80. The Hall–Kier alpha value is -0.920. The van der Waals surface area contributed by atoms with Crippen molar-refractivity contribution in [3.63, 3.8) is 0 Å². The molecule has 2 aromatic rings. The van der Waals surface area contributed by atoms with Crippen molar-refractivity contribution in [1.29, 1.82) is 0 Å². The minimum Gasteiger partial charge on any atom is -0.0894 e. The second-order valence-corrected chi connectivity index (χ2v) is 4.84. The molecule has 2 aromatic carbocycles. The summed E-state index contributed by atoms with van der Waals surface area (Å²) in [6.07, 6.45) is 0. The third-order valence-corrected chi connectivity index (χ3v) is 3.16. The van der Waals surface area contributed by atoms with Gasteiger partial charge in [-0.3, -0.25) is 0 Å². The zero-order valence-corrected chi connectivity index (χ0v) is 9.90. The van der Waals surface area contributed by atoms with Gasteiger partial charge in [-0.2, -0.15) is 0 Å². The first-order valence-corrected chi connectivity index (χ1v) is 5.85. The number of halogens is 1. The zero-order chi connectivity index (χ0) is 10.7. The van der Waals surface area contributed by atoms with Crippen LogP contribution in [0.2, 0.25) is 5.02 Å². The van der Waals surface area contributed by atoms with Gasteiger partial charge < -0.3 is 0 Å². The molecule has 0 heterocycles. The molecule has 0 nitrogen and oxygen atoms in total. The minimum absolute atomic E-state index is 0.726. The summed E-state index contributed by atoms with van der Waals surface area (Å²) in [5, 5.41) is 0.726. The van der Waals surface area contributed by atoms with E-state index in [4.69, 9.17) is 11.6 Å². The van der Waals surface area contributed by atoms with Crippen molar-refractivity contribution in [3.8, 4) is 0 Å². The first kappa shape index (κ1) is 10.6. The highest BCUT2D eigenvalue weighted by molar-refractivity contribution is 7.99. The fraction of sp³-hybridized carbons (Fsp3) is 0.0769. The number of hydrogen-bond acceptors (Lipinski definition) is 1. The molecule has 0 aliphatic heterocycles. The molecule has 75 valence electrons. The average Bonchev–Trinajstić information content (AvgIpc) is 2.22.